The SMILES string of the molecule is CC#CC#CC#CC.CC(C)N1CCN(C)CC1.N#N.[HH].[HH].[HH].[HH].[HH].[HH].[HH]. The first-order chi connectivity index (χ1) is 9.61. The molecule has 0 spiro atoms. The van der Waals surface area contributed by atoms with Crippen molar-refractivity contribution in [2.24, 2.45) is 0 Å². The topological polar surface area (TPSA) is 54.1 Å². The predicted octanol–water partition coefficient (Wildman–Crippen LogP) is 3.43. The van der Waals surface area contributed by atoms with E-state index in [1.807, 2.05) is 0 Å². The van der Waals surface area contributed by atoms with Crippen LogP contribution in [0.15, 0.2) is 0 Å². The molecule has 20 heavy (non-hydrogen) atoms. The highest BCUT2D eigenvalue weighted by atomic mass is 15.3. The van der Waals surface area contributed by atoms with Crippen LogP contribution in [0.25, 0.3) is 0 Å². The number of nitrogens with zero attached hydrogens (tertiary/aromatic N) is 4. The zero-order chi connectivity index (χ0) is 15.8. The zero-order valence-corrected chi connectivity index (χ0v) is 13.2. The van der Waals surface area contributed by atoms with Gasteiger partial charge in [0.05, 0.1) is 0 Å². The van der Waals surface area contributed by atoms with Gasteiger partial charge in [-0.2, -0.15) is 0 Å². The maximum Gasteiger partial charge on any atom is 0.0112 e. The Bertz CT molecular complexity index is 422. The molecule has 1 saturated heterocycles. The minimum atomic E-state index is 0. The average molecular weight is 287 g/mol. The lowest BCUT2D eigenvalue weighted by Gasteiger charge is -2.34. The van der Waals surface area contributed by atoms with Crippen LogP contribution in [0, 0.1) is 46.3 Å². The van der Waals surface area contributed by atoms with Gasteiger partial charge in [-0.25, -0.2) is 0 Å². The smallest absolute Gasteiger partial charge is 0.0112 e. The molecule has 1 aliphatic heterocycles. The maximum absolute atomic E-state index is 6.00. The molecule has 0 amide bonds. The van der Waals surface area contributed by atoms with E-state index in [0.717, 1.165) is 6.04 Å². The van der Waals surface area contributed by atoms with Crippen LogP contribution in [0.3, 0.4) is 0 Å². The van der Waals surface area contributed by atoms with Crippen molar-refractivity contribution < 1.29 is 9.99 Å². The van der Waals surface area contributed by atoms with Crippen molar-refractivity contribution in [3.05, 3.63) is 0 Å². The Hall–Kier alpha value is -1.98. The Morgan fingerprint density at radius 2 is 1.25 bits per heavy atom. The molecule has 0 atom stereocenters. The van der Waals surface area contributed by atoms with E-state index in [0.29, 0.717) is 0 Å². The first-order valence-electron chi connectivity index (χ1n) is 6.58. The number of piperazine rings is 1. The summed E-state index contributed by atoms with van der Waals surface area (Å²) in [6, 6.07) is 0.730. The molecule has 0 aromatic carbocycles. The van der Waals surface area contributed by atoms with E-state index in [1.165, 1.54) is 26.2 Å². The highest BCUT2D eigenvalue weighted by Crippen LogP contribution is 2.02. The molecule has 1 heterocycles. The van der Waals surface area contributed by atoms with Crippen LogP contribution in [-0.4, -0.2) is 49.1 Å². The standard InChI is InChI=1S/C8H18N2.C8H6.N2.7H2/c1-8(2)10-6-4-9(3)5-7-10;1-3-5-7-8-6-4-2;1-2;;;;;;;/h8H,4-7H2,1-3H3;1-2H3;;7*1H. The first-order valence-corrected chi connectivity index (χ1v) is 6.58. The van der Waals surface area contributed by atoms with Gasteiger partial charge in [-0.15, -0.1) is 0 Å². The van der Waals surface area contributed by atoms with Crippen LogP contribution in [0.5, 0.6) is 0 Å². The van der Waals surface area contributed by atoms with Crippen LogP contribution in [-0.2, 0) is 0 Å². The normalized spacial score (nSPS) is 13.6. The molecule has 0 N–H and O–H groups in total. The molecule has 1 rings (SSSR count). The van der Waals surface area contributed by atoms with E-state index in [9.17, 15) is 0 Å². The fourth-order valence-corrected chi connectivity index (χ4v) is 1.53. The second kappa shape index (κ2) is 15.1. The van der Waals surface area contributed by atoms with Gasteiger partial charge in [0.2, 0.25) is 0 Å². The van der Waals surface area contributed by atoms with Crippen molar-refractivity contribution in [3.8, 4) is 35.5 Å². The molecule has 0 unspecified atom stereocenters. The minimum Gasteiger partial charge on any atom is -0.304 e. The third kappa shape index (κ3) is 12.5. The van der Waals surface area contributed by atoms with Crippen LogP contribution >= 0.6 is 0 Å². The summed E-state index contributed by atoms with van der Waals surface area (Å²) in [7, 11) is 2.19. The summed E-state index contributed by atoms with van der Waals surface area (Å²) in [4.78, 5) is 4.92. The summed E-state index contributed by atoms with van der Waals surface area (Å²) in [6.45, 7) is 13.0. The van der Waals surface area contributed by atoms with Gasteiger partial charge in [0.1, 0.15) is 0 Å². The summed E-state index contributed by atoms with van der Waals surface area (Å²) in [5.74, 6) is 15.5. The number of hydrogen-bond donors (Lipinski definition) is 0. The fourth-order valence-electron chi connectivity index (χ4n) is 1.53. The van der Waals surface area contributed by atoms with E-state index in [-0.39, 0.29) is 9.99 Å². The van der Waals surface area contributed by atoms with Gasteiger partial charge in [0.25, 0.3) is 0 Å². The largest absolute Gasteiger partial charge is 0.304 e. The second-order valence-corrected chi connectivity index (χ2v) is 4.43. The Morgan fingerprint density at radius 3 is 1.55 bits per heavy atom. The lowest BCUT2D eigenvalue weighted by molar-refractivity contribution is 0.126. The van der Waals surface area contributed by atoms with Crippen molar-refractivity contribution in [2.75, 3.05) is 33.2 Å². The molecule has 1 fully saturated rings. The second-order valence-electron chi connectivity index (χ2n) is 4.43. The van der Waals surface area contributed by atoms with E-state index in [2.05, 4.69) is 66.2 Å². The molecule has 0 bridgehead atoms. The highest BCUT2D eigenvalue weighted by Gasteiger charge is 2.15. The van der Waals surface area contributed by atoms with Crippen molar-refractivity contribution in [3.63, 3.8) is 0 Å². The van der Waals surface area contributed by atoms with Crippen molar-refractivity contribution in [2.45, 2.75) is 33.7 Å². The van der Waals surface area contributed by atoms with Crippen LogP contribution in [0.4, 0.5) is 0 Å². The van der Waals surface area contributed by atoms with Crippen molar-refractivity contribution in [1.29, 1.82) is 10.8 Å². The molecule has 0 saturated carbocycles. The Balaban J connectivity index is -0.0000000256. The van der Waals surface area contributed by atoms with Crippen molar-refractivity contribution >= 4 is 0 Å². The monoisotopic (exact) mass is 286 g/mol. The number of likely N-dealkylation sites (N-methyl/N-ethyl adjacent to an activating group) is 1. The average Bonchev–Trinajstić information content (AvgIpc) is 2.47. The van der Waals surface area contributed by atoms with E-state index in [1.54, 1.807) is 13.8 Å². The molecular weight excluding hydrogens is 248 g/mol. The quantitative estimate of drug-likeness (QED) is 0.547. The lowest BCUT2D eigenvalue weighted by Crippen LogP contribution is -2.47. The molecule has 0 radical (unpaired) electrons. The molecule has 4 nitrogen and oxygen atoms in total. The Morgan fingerprint density at radius 1 is 0.850 bits per heavy atom. The third-order valence-electron chi connectivity index (χ3n) is 2.71. The van der Waals surface area contributed by atoms with E-state index < -0.39 is 0 Å². The summed E-state index contributed by atoms with van der Waals surface area (Å²) in [5.41, 5.74) is 0. The minimum absolute atomic E-state index is 0. The van der Waals surface area contributed by atoms with Gasteiger partial charge < -0.3 is 4.90 Å². The van der Waals surface area contributed by atoms with Gasteiger partial charge in [0, 0.05) is 53.0 Å². The van der Waals surface area contributed by atoms with E-state index in [4.69, 9.17) is 10.8 Å². The molecular formula is C16H38N4. The Labute approximate surface area is 134 Å². The summed E-state index contributed by atoms with van der Waals surface area (Å²) >= 11 is 0. The van der Waals surface area contributed by atoms with Crippen molar-refractivity contribution in [1.82, 2.24) is 9.80 Å². The molecule has 0 aromatic heterocycles. The van der Waals surface area contributed by atoms with Crippen LogP contribution < -0.4 is 0 Å². The summed E-state index contributed by atoms with van der Waals surface area (Å²) in [5, 5.41) is 12.0. The maximum atomic E-state index is 6.00. The molecule has 122 valence electrons. The zero-order valence-electron chi connectivity index (χ0n) is 13.2. The molecule has 4 heteroatoms. The highest BCUT2D eigenvalue weighted by molar-refractivity contribution is 5.34. The molecule has 0 aliphatic carbocycles. The van der Waals surface area contributed by atoms with Gasteiger partial charge in [-0.3, -0.25) is 4.90 Å². The van der Waals surface area contributed by atoms with Crippen LogP contribution in [0.2, 0.25) is 0 Å². The lowest BCUT2D eigenvalue weighted by atomic mass is 10.2. The molecule has 1 aliphatic rings. The third-order valence-corrected chi connectivity index (χ3v) is 2.71. The van der Waals surface area contributed by atoms with Crippen LogP contribution in [0.1, 0.15) is 37.7 Å². The number of rotatable bonds is 1. The van der Waals surface area contributed by atoms with E-state index >= 15 is 0 Å². The van der Waals surface area contributed by atoms with Gasteiger partial charge >= 0.3 is 0 Å². The summed E-state index contributed by atoms with van der Waals surface area (Å²) in [6.07, 6.45) is 0. The van der Waals surface area contributed by atoms with Gasteiger partial charge in [-0.1, -0.05) is 11.8 Å². The molecule has 0 aromatic rings. The first kappa shape index (κ1) is 20.3. The van der Waals surface area contributed by atoms with Gasteiger partial charge in [0.15, 0.2) is 0 Å². The number of hydrogen-bond acceptors (Lipinski definition) is 4. The summed E-state index contributed by atoms with van der Waals surface area (Å²) < 4.78 is 0. The Kier molecular flexibility index (Phi) is 15.3. The van der Waals surface area contributed by atoms with Gasteiger partial charge in [-0.05, 0) is 58.4 Å². The predicted molar refractivity (Wildman–Crippen MR) is 97.1 cm³/mol. The fraction of sp³-hybridized carbons (Fsp3) is 0.625.